The van der Waals surface area contributed by atoms with Crippen molar-refractivity contribution >= 4 is 15.9 Å². The zero-order chi connectivity index (χ0) is 15.3. The number of nitrogens with zero attached hydrogens (tertiary/aromatic N) is 3. The van der Waals surface area contributed by atoms with E-state index in [9.17, 15) is 13.2 Å². The van der Waals surface area contributed by atoms with Crippen LogP contribution in [0.3, 0.4) is 0 Å². The number of carbonyl (C=O) groups is 1. The number of likely N-dealkylation sites (tertiary alicyclic amines) is 1. The molecule has 2 heterocycles. The lowest BCUT2D eigenvalue weighted by Gasteiger charge is -2.33. The predicted octanol–water partition coefficient (Wildman–Crippen LogP) is 0.190. The van der Waals surface area contributed by atoms with Gasteiger partial charge in [0, 0.05) is 38.4 Å². The molecule has 1 saturated heterocycles. The molecule has 0 unspecified atom stereocenters. The summed E-state index contributed by atoms with van der Waals surface area (Å²) < 4.78 is 23.8. The summed E-state index contributed by atoms with van der Waals surface area (Å²) >= 11 is 0. The quantitative estimate of drug-likeness (QED) is 0.810. The van der Waals surface area contributed by atoms with E-state index in [-0.39, 0.29) is 18.1 Å². The lowest BCUT2D eigenvalue weighted by molar-refractivity contribution is -0.133. The Bertz CT molecular complexity index is 556. The van der Waals surface area contributed by atoms with Crippen LogP contribution in [0.1, 0.15) is 25.7 Å². The summed E-state index contributed by atoms with van der Waals surface area (Å²) in [5, 5.41) is 4.94. The van der Waals surface area contributed by atoms with E-state index in [0.717, 1.165) is 32.5 Å². The minimum atomic E-state index is -3.48. The molecule has 21 heavy (non-hydrogen) atoms. The Labute approximate surface area is 125 Å². The molecule has 8 heteroatoms. The van der Waals surface area contributed by atoms with E-state index in [2.05, 4.69) is 4.98 Å². The van der Waals surface area contributed by atoms with E-state index < -0.39 is 10.0 Å². The van der Waals surface area contributed by atoms with Gasteiger partial charge in [0.1, 0.15) is 0 Å². The van der Waals surface area contributed by atoms with Crippen molar-refractivity contribution in [3.05, 3.63) is 18.7 Å². The highest BCUT2D eigenvalue weighted by atomic mass is 32.2. The average Bonchev–Trinajstić information content (AvgIpc) is 2.90. The summed E-state index contributed by atoms with van der Waals surface area (Å²) in [4.78, 5) is 18.0. The van der Waals surface area contributed by atoms with Crippen LogP contribution in [0.4, 0.5) is 0 Å². The SMILES string of the molecule is NS(=O)(=O)CCCC(=O)N1CCC[C@H](Cn2ccnc2)C1. The Balaban J connectivity index is 1.78. The molecule has 1 aromatic rings. The van der Waals surface area contributed by atoms with Gasteiger partial charge in [0.15, 0.2) is 0 Å². The molecule has 1 aromatic heterocycles. The summed E-state index contributed by atoms with van der Waals surface area (Å²) in [7, 11) is -3.48. The van der Waals surface area contributed by atoms with Crippen molar-refractivity contribution in [1.82, 2.24) is 14.5 Å². The van der Waals surface area contributed by atoms with E-state index in [1.54, 1.807) is 12.5 Å². The lowest BCUT2D eigenvalue weighted by Crippen LogP contribution is -2.41. The first-order valence-corrected chi connectivity index (χ1v) is 8.89. The molecule has 0 radical (unpaired) electrons. The Morgan fingerprint density at radius 3 is 2.90 bits per heavy atom. The topological polar surface area (TPSA) is 98.3 Å². The van der Waals surface area contributed by atoms with Crippen LogP contribution in [0.15, 0.2) is 18.7 Å². The van der Waals surface area contributed by atoms with E-state index >= 15 is 0 Å². The zero-order valence-electron chi connectivity index (χ0n) is 12.0. The van der Waals surface area contributed by atoms with E-state index in [0.29, 0.717) is 12.3 Å². The molecular weight excluding hydrogens is 292 g/mol. The number of aromatic nitrogens is 2. The molecule has 1 aliphatic heterocycles. The molecule has 7 nitrogen and oxygen atoms in total. The molecule has 1 amide bonds. The number of primary sulfonamides is 1. The fourth-order valence-corrected chi connectivity index (χ4v) is 3.26. The summed E-state index contributed by atoms with van der Waals surface area (Å²) in [6.07, 6.45) is 8.08. The molecule has 0 spiro atoms. The Morgan fingerprint density at radius 2 is 2.24 bits per heavy atom. The van der Waals surface area contributed by atoms with Gasteiger partial charge >= 0.3 is 0 Å². The van der Waals surface area contributed by atoms with Crippen molar-refractivity contribution < 1.29 is 13.2 Å². The third-order valence-corrected chi connectivity index (χ3v) is 4.58. The van der Waals surface area contributed by atoms with Crippen LogP contribution in [0, 0.1) is 5.92 Å². The maximum atomic E-state index is 12.1. The third kappa shape index (κ3) is 5.47. The van der Waals surface area contributed by atoms with Crippen LogP contribution in [0.2, 0.25) is 0 Å². The second-order valence-electron chi connectivity index (χ2n) is 5.58. The first kappa shape index (κ1) is 16.0. The normalized spacial score (nSPS) is 19.7. The summed E-state index contributed by atoms with van der Waals surface area (Å²) in [6.45, 7) is 2.35. The molecule has 1 atom stereocenters. The van der Waals surface area contributed by atoms with Crippen molar-refractivity contribution in [2.24, 2.45) is 11.1 Å². The fraction of sp³-hybridized carbons (Fsp3) is 0.692. The van der Waals surface area contributed by atoms with Crippen LogP contribution < -0.4 is 5.14 Å². The van der Waals surface area contributed by atoms with Gasteiger partial charge in [-0.1, -0.05) is 0 Å². The van der Waals surface area contributed by atoms with Gasteiger partial charge in [-0.05, 0) is 25.2 Å². The van der Waals surface area contributed by atoms with Crippen molar-refractivity contribution in [2.75, 3.05) is 18.8 Å². The van der Waals surface area contributed by atoms with Gasteiger partial charge in [0.05, 0.1) is 12.1 Å². The smallest absolute Gasteiger partial charge is 0.222 e. The number of amides is 1. The molecular formula is C13H22N4O3S. The number of nitrogens with two attached hydrogens (primary N) is 1. The lowest BCUT2D eigenvalue weighted by atomic mass is 9.97. The van der Waals surface area contributed by atoms with Crippen LogP contribution in [0.5, 0.6) is 0 Å². The highest BCUT2D eigenvalue weighted by Crippen LogP contribution is 2.19. The van der Waals surface area contributed by atoms with Crippen molar-refractivity contribution in [3.8, 4) is 0 Å². The third-order valence-electron chi connectivity index (χ3n) is 3.72. The molecule has 0 bridgehead atoms. The van der Waals surface area contributed by atoms with Crippen LogP contribution in [-0.4, -0.2) is 47.6 Å². The van der Waals surface area contributed by atoms with E-state index in [1.165, 1.54) is 0 Å². The van der Waals surface area contributed by atoms with Gasteiger partial charge in [-0.3, -0.25) is 4.79 Å². The second kappa shape index (κ2) is 7.04. The van der Waals surface area contributed by atoms with Gasteiger partial charge in [0.2, 0.25) is 15.9 Å². The van der Waals surface area contributed by atoms with Crippen molar-refractivity contribution in [1.29, 1.82) is 0 Å². The minimum Gasteiger partial charge on any atom is -0.342 e. The van der Waals surface area contributed by atoms with Crippen LogP contribution in [0.25, 0.3) is 0 Å². The van der Waals surface area contributed by atoms with Crippen molar-refractivity contribution in [2.45, 2.75) is 32.2 Å². The average molecular weight is 314 g/mol. The van der Waals surface area contributed by atoms with E-state index in [4.69, 9.17) is 5.14 Å². The number of imidazole rings is 1. The molecule has 1 aliphatic rings. The van der Waals surface area contributed by atoms with Gasteiger partial charge < -0.3 is 9.47 Å². The zero-order valence-corrected chi connectivity index (χ0v) is 12.8. The molecule has 0 saturated carbocycles. The van der Waals surface area contributed by atoms with Gasteiger partial charge in [-0.15, -0.1) is 0 Å². The minimum absolute atomic E-state index is 0.0222. The Kier molecular flexibility index (Phi) is 5.35. The van der Waals surface area contributed by atoms with Gasteiger partial charge in [0.25, 0.3) is 0 Å². The maximum Gasteiger partial charge on any atom is 0.222 e. The maximum absolute atomic E-state index is 12.1. The first-order valence-electron chi connectivity index (χ1n) is 7.18. The molecule has 2 N–H and O–H groups in total. The Morgan fingerprint density at radius 1 is 1.43 bits per heavy atom. The Hall–Kier alpha value is -1.41. The summed E-state index contributed by atoms with van der Waals surface area (Å²) in [5.74, 6) is 0.314. The van der Waals surface area contributed by atoms with Crippen molar-refractivity contribution in [3.63, 3.8) is 0 Å². The highest BCUT2D eigenvalue weighted by Gasteiger charge is 2.23. The monoisotopic (exact) mass is 314 g/mol. The summed E-state index contributed by atoms with van der Waals surface area (Å²) in [5.41, 5.74) is 0. The number of rotatable bonds is 6. The number of carbonyl (C=O) groups excluding carboxylic acids is 1. The molecule has 1 fully saturated rings. The first-order chi connectivity index (χ1) is 9.94. The largest absolute Gasteiger partial charge is 0.342 e. The van der Waals surface area contributed by atoms with Crippen LogP contribution in [-0.2, 0) is 21.4 Å². The number of piperidine rings is 1. The molecule has 0 aromatic carbocycles. The van der Waals surface area contributed by atoms with E-state index in [1.807, 2.05) is 15.7 Å². The number of hydrogen-bond donors (Lipinski definition) is 1. The van der Waals surface area contributed by atoms with Gasteiger partial charge in [-0.25, -0.2) is 18.5 Å². The highest BCUT2D eigenvalue weighted by molar-refractivity contribution is 7.89. The standard InChI is InChI=1S/C13H22N4O3S/c14-21(19,20)8-2-4-13(18)17-6-1-3-12(10-17)9-16-7-5-15-11-16/h5,7,11-12H,1-4,6,8-10H2,(H2,14,19,20)/t12-/m1/s1. The number of sulfonamides is 1. The number of hydrogen-bond acceptors (Lipinski definition) is 4. The summed E-state index contributed by atoms with van der Waals surface area (Å²) in [6, 6.07) is 0. The second-order valence-corrected chi connectivity index (χ2v) is 7.31. The van der Waals surface area contributed by atoms with Crippen LogP contribution >= 0.6 is 0 Å². The van der Waals surface area contributed by atoms with Gasteiger partial charge in [-0.2, -0.15) is 0 Å². The fourth-order valence-electron chi connectivity index (χ4n) is 2.72. The molecule has 118 valence electrons. The molecule has 0 aliphatic carbocycles. The predicted molar refractivity (Wildman–Crippen MR) is 78.7 cm³/mol. The molecule has 2 rings (SSSR count).